The number of aryl methyl sites for hydroxylation is 1. The highest BCUT2D eigenvalue weighted by atomic mass is 32.2. The second-order valence-electron chi connectivity index (χ2n) is 10.5. The van der Waals surface area contributed by atoms with Crippen molar-refractivity contribution in [3.63, 3.8) is 0 Å². The van der Waals surface area contributed by atoms with Gasteiger partial charge in [0.25, 0.3) is 5.91 Å². The lowest BCUT2D eigenvalue weighted by molar-refractivity contribution is -0.141. The number of likely N-dealkylation sites (tertiary alicyclic amines) is 1. The number of nitrogens with zero attached hydrogens (tertiary/aromatic N) is 4. The Hall–Kier alpha value is -4.36. The number of anilines is 2. The normalized spacial score (nSPS) is 14.2. The van der Waals surface area contributed by atoms with Crippen molar-refractivity contribution in [2.45, 2.75) is 47.1 Å². The Morgan fingerprint density at radius 1 is 1.05 bits per heavy atom. The number of thiazole rings is 1. The third-order valence-corrected chi connectivity index (χ3v) is 9.56. The lowest BCUT2D eigenvalue weighted by Crippen LogP contribution is -2.50. The number of nitrogens with one attached hydrogen (secondary N) is 2. The number of carboxylic acid groups (broad SMARTS) is 1. The van der Waals surface area contributed by atoms with E-state index in [1.165, 1.54) is 23.6 Å². The van der Waals surface area contributed by atoms with Crippen LogP contribution in [0.1, 0.15) is 47.3 Å². The van der Waals surface area contributed by atoms with E-state index in [2.05, 4.69) is 25.6 Å². The molecule has 1 aliphatic rings. The second kappa shape index (κ2) is 14.0. The molecule has 13 heteroatoms. The predicted octanol–water partition coefficient (Wildman–Crippen LogP) is 5.43. The van der Waals surface area contributed by atoms with Gasteiger partial charge in [-0.2, -0.15) is 0 Å². The molecule has 2 amide bonds. The molecule has 3 aromatic heterocycles. The smallest absolute Gasteiger partial charge is 0.303 e. The zero-order valence-corrected chi connectivity index (χ0v) is 25.6. The van der Waals surface area contributed by atoms with Gasteiger partial charge < -0.3 is 20.6 Å². The van der Waals surface area contributed by atoms with Crippen LogP contribution in [0, 0.1) is 12.7 Å². The quantitative estimate of drug-likeness (QED) is 0.197. The fraction of sp³-hybridized carbons (Fsp3) is 0.290. The summed E-state index contributed by atoms with van der Waals surface area (Å²) in [5, 5.41) is 15.6. The van der Waals surface area contributed by atoms with Crippen LogP contribution in [-0.4, -0.2) is 62.4 Å². The molecule has 0 saturated carbocycles. The molecule has 0 unspecified atom stereocenters. The van der Waals surface area contributed by atoms with Crippen LogP contribution in [0.2, 0.25) is 0 Å². The highest BCUT2D eigenvalue weighted by molar-refractivity contribution is 8.01. The Morgan fingerprint density at radius 3 is 2.52 bits per heavy atom. The van der Waals surface area contributed by atoms with Crippen LogP contribution in [0.5, 0.6) is 0 Å². The molecule has 0 spiro atoms. The number of carbonyl (C=O) groups excluding carboxylic acids is 2. The van der Waals surface area contributed by atoms with Crippen LogP contribution in [0.25, 0.3) is 0 Å². The van der Waals surface area contributed by atoms with Gasteiger partial charge in [-0.1, -0.05) is 53.4 Å². The standard InChI is InChI=1S/C31H31FN6O4S2/c1-20-9-13-33-23(17-20)37-30-35-18-26(44-30)43-22-10-14-34-28(27(22)32)29(42)36-19-31(21-5-3-2-4-6-21)11-15-38(16-12-31)24(39)7-8-25(40)41/h2-6,9-10,13-14,17-18H,7-8,11-12,15-16,19H2,1H3,(H,36,42)(H,40,41)(H,33,35,37). The summed E-state index contributed by atoms with van der Waals surface area (Å²) in [7, 11) is 0. The highest BCUT2D eigenvalue weighted by Gasteiger charge is 2.38. The highest BCUT2D eigenvalue weighted by Crippen LogP contribution is 2.37. The molecule has 0 aliphatic carbocycles. The van der Waals surface area contributed by atoms with Gasteiger partial charge in [-0.25, -0.2) is 19.3 Å². The van der Waals surface area contributed by atoms with Crippen LogP contribution in [0.3, 0.4) is 0 Å². The average Bonchev–Trinajstić information content (AvgIpc) is 3.46. The average molecular weight is 635 g/mol. The molecule has 1 aromatic carbocycles. The minimum absolute atomic E-state index is 0.0486. The van der Waals surface area contributed by atoms with E-state index >= 15 is 4.39 Å². The largest absolute Gasteiger partial charge is 0.481 e. The summed E-state index contributed by atoms with van der Waals surface area (Å²) in [4.78, 5) is 51.3. The van der Waals surface area contributed by atoms with Gasteiger partial charge in [0.1, 0.15) is 5.82 Å². The Bertz CT molecular complexity index is 1640. The lowest BCUT2D eigenvalue weighted by Gasteiger charge is -2.42. The van der Waals surface area contributed by atoms with Crippen molar-refractivity contribution in [3.8, 4) is 0 Å². The van der Waals surface area contributed by atoms with Crippen LogP contribution in [-0.2, 0) is 15.0 Å². The Labute approximate surface area is 262 Å². The van der Waals surface area contributed by atoms with Gasteiger partial charge in [0, 0.05) is 43.9 Å². The van der Waals surface area contributed by atoms with E-state index in [4.69, 9.17) is 5.11 Å². The number of aliphatic carboxylic acids is 1. The molecule has 1 saturated heterocycles. The van der Waals surface area contributed by atoms with E-state index in [9.17, 15) is 14.4 Å². The maximum Gasteiger partial charge on any atom is 0.303 e. The van der Waals surface area contributed by atoms with Crippen LogP contribution < -0.4 is 10.6 Å². The maximum absolute atomic E-state index is 15.6. The van der Waals surface area contributed by atoms with Gasteiger partial charge in [-0.05, 0) is 49.1 Å². The maximum atomic E-state index is 15.6. The minimum atomic E-state index is -1.01. The van der Waals surface area contributed by atoms with E-state index in [1.54, 1.807) is 17.3 Å². The first-order valence-electron chi connectivity index (χ1n) is 14.0. The van der Waals surface area contributed by atoms with Crippen molar-refractivity contribution in [2.75, 3.05) is 25.0 Å². The summed E-state index contributed by atoms with van der Waals surface area (Å²) in [6.07, 6.45) is 5.60. The first kappa shape index (κ1) is 31.1. The number of amides is 2. The molecule has 0 radical (unpaired) electrons. The van der Waals surface area contributed by atoms with Crippen molar-refractivity contribution < 1.29 is 23.9 Å². The third kappa shape index (κ3) is 7.58. The summed E-state index contributed by atoms with van der Waals surface area (Å²) < 4.78 is 16.3. The zero-order valence-electron chi connectivity index (χ0n) is 24.0. The molecule has 1 fully saturated rings. The number of halogens is 1. The summed E-state index contributed by atoms with van der Waals surface area (Å²) in [5.74, 6) is -1.89. The zero-order chi connectivity index (χ0) is 31.1. The number of carbonyl (C=O) groups is 3. The minimum Gasteiger partial charge on any atom is -0.481 e. The molecule has 10 nitrogen and oxygen atoms in total. The van der Waals surface area contributed by atoms with Gasteiger partial charge >= 0.3 is 5.97 Å². The van der Waals surface area contributed by atoms with Gasteiger partial charge in [0.05, 0.1) is 21.7 Å². The van der Waals surface area contributed by atoms with E-state index in [1.807, 2.05) is 49.4 Å². The number of carboxylic acids is 1. The number of hydrogen-bond donors (Lipinski definition) is 3. The van der Waals surface area contributed by atoms with Crippen molar-refractivity contribution in [1.82, 2.24) is 25.2 Å². The summed E-state index contributed by atoms with van der Waals surface area (Å²) >= 11 is 2.50. The number of aromatic nitrogens is 3. The van der Waals surface area contributed by atoms with E-state index in [0.29, 0.717) is 36.9 Å². The molecule has 228 valence electrons. The van der Waals surface area contributed by atoms with Crippen LogP contribution in [0.15, 0.2) is 76.2 Å². The van der Waals surface area contributed by atoms with E-state index in [-0.39, 0.29) is 35.9 Å². The number of pyridine rings is 2. The number of hydrogen-bond acceptors (Lipinski definition) is 9. The van der Waals surface area contributed by atoms with Crippen LogP contribution >= 0.6 is 23.1 Å². The van der Waals surface area contributed by atoms with E-state index in [0.717, 1.165) is 27.1 Å². The van der Waals surface area contributed by atoms with Gasteiger partial charge in [0.15, 0.2) is 16.6 Å². The molecule has 0 bridgehead atoms. The first-order valence-corrected chi connectivity index (χ1v) is 15.7. The Balaban J connectivity index is 1.25. The molecule has 4 heterocycles. The molecule has 5 rings (SSSR count). The monoisotopic (exact) mass is 634 g/mol. The van der Waals surface area contributed by atoms with Gasteiger partial charge in [-0.3, -0.25) is 14.4 Å². The number of rotatable bonds is 11. The summed E-state index contributed by atoms with van der Waals surface area (Å²) in [5.41, 5.74) is 1.28. The fourth-order valence-corrected chi connectivity index (χ4v) is 6.97. The fourth-order valence-electron chi connectivity index (χ4n) is 5.10. The Morgan fingerprint density at radius 2 is 1.80 bits per heavy atom. The topological polar surface area (TPSA) is 137 Å². The summed E-state index contributed by atoms with van der Waals surface area (Å²) in [6, 6.07) is 15.0. The Kier molecular flexibility index (Phi) is 9.85. The molecule has 44 heavy (non-hydrogen) atoms. The molecule has 3 N–H and O–H groups in total. The van der Waals surface area contributed by atoms with Gasteiger partial charge in [-0.15, -0.1) is 0 Å². The van der Waals surface area contributed by atoms with Crippen molar-refractivity contribution >= 4 is 51.8 Å². The predicted molar refractivity (Wildman–Crippen MR) is 166 cm³/mol. The van der Waals surface area contributed by atoms with E-state index < -0.39 is 23.1 Å². The third-order valence-electron chi connectivity index (χ3n) is 7.51. The number of benzene rings is 1. The van der Waals surface area contributed by atoms with Crippen molar-refractivity contribution in [3.05, 3.63) is 89.8 Å². The number of piperidine rings is 1. The first-order chi connectivity index (χ1) is 21.2. The molecule has 4 aromatic rings. The lowest BCUT2D eigenvalue weighted by atomic mass is 9.72. The SMILES string of the molecule is Cc1ccnc(Nc2ncc(Sc3ccnc(C(=O)NCC4(c5ccccc5)CCN(C(=O)CCC(=O)O)CC4)c3F)s2)c1. The molecular formula is C31H31FN6O4S2. The van der Waals surface area contributed by atoms with Gasteiger partial charge in [0.2, 0.25) is 5.91 Å². The second-order valence-corrected chi connectivity index (χ2v) is 12.9. The van der Waals surface area contributed by atoms with Crippen molar-refractivity contribution in [1.29, 1.82) is 0 Å². The molecule has 1 aliphatic heterocycles. The van der Waals surface area contributed by atoms with Crippen molar-refractivity contribution in [2.24, 2.45) is 0 Å². The summed E-state index contributed by atoms with van der Waals surface area (Å²) in [6.45, 7) is 3.04. The molecule has 0 atom stereocenters. The van der Waals surface area contributed by atoms with Crippen LogP contribution in [0.4, 0.5) is 15.3 Å². The molecular weight excluding hydrogens is 604 g/mol.